The molecule has 0 N–H and O–H groups in total. The number of benzene rings is 2. The molecule has 0 radical (unpaired) electrons. The SMILES string of the molecule is COC(=O)N1CCN(CCCC(c2ccc(F)cc2)c2ccc(F)cc2)CC1.Cl. The molecule has 158 valence electrons. The molecule has 0 spiro atoms. The highest BCUT2D eigenvalue weighted by atomic mass is 35.5. The van der Waals surface area contributed by atoms with Crippen LogP contribution in [0.25, 0.3) is 0 Å². The first kappa shape index (κ1) is 23.1. The zero-order valence-electron chi connectivity index (χ0n) is 16.5. The van der Waals surface area contributed by atoms with E-state index < -0.39 is 0 Å². The first-order valence-electron chi connectivity index (χ1n) is 9.63. The molecule has 1 amide bonds. The maximum atomic E-state index is 13.3. The lowest BCUT2D eigenvalue weighted by molar-refractivity contribution is 0.0904. The number of amides is 1. The van der Waals surface area contributed by atoms with E-state index in [0.29, 0.717) is 13.1 Å². The van der Waals surface area contributed by atoms with Crippen molar-refractivity contribution in [2.24, 2.45) is 0 Å². The van der Waals surface area contributed by atoms with Gasteiger partial charge in [0, 0.05) is 32.1 Å². The molecule has 1 fully saturated rings. The summed E-state index contributed by atoms with van der Waals surface area (Å²) in [6.45, 7) is 3.92. The molecule has 0 aromatic heterocycles. The van der Waals surface area contributed by atoms with Crippen LogP contribution in [0, 0.1) is 11.6 Å². The smallest absolute Gasteiger partial charge is 0.409 e. The standard InChI is InChI=1S/C22H26F2N2O2.ClH/c1-28-22(27)26-15-13-25(14-16-26)12-2-3-21(17-4-8-19(23)9-5-17)18-6-10-20(24)11-7-18;/h4-11,21H,2-3,12-16H2,1H3;1H. The Morgan fingerprint density at radius 2 is 1.41 bits per heavy atom. The van der Waals surface area contributed by atoms with Gasteiger partial charge >= 0.3 is 6.09 Å². The third-order valence-electron chi connectivity index (χ3n) is 5.32. The number of hydrogen-bond donors (Lipinski definition) is 0. The second-order valence-electron chi connectivity index (χ2n) is 7.10. The molecule has 0 aliphatic carbocycles. The molecular weight excluding hydrogens is 398 g/mol. The van der Waals surface area contributed by atoms with Crippen LogP contribution in [-0.2, 0) is 4.74 Å². The molecule has 3 rings (SSSR count). The van der Waals surface area contributed by atoms with Crippen LogP contribution >= 0.6 is 12.4 Å². The number of carbonyl (C=O) groups excluding carboxylic acids is 1. The van der Waals surface area contributed by atoms with Crippen molar-refractivity contribution in [2.75, 3.05) is 39.8 Å². The lowest BCUT2D eigenvalue weighted by Gasteiger charge is -2.34. The van der Waals surface area contributed by atoms with Crippen LogP contribution in [0.15, 0.2) is 48.5 Å². The maximum Gasteiger partial charge on any atom is 0.409 e. The Kier molecular flexibility index (Phi) is 8.86. The van der Waals surface area contributed by atoms with Crippen molar-refractivity contribution in [2.45, 2.75) is 18.8 Å². The first-order valence-corrected chi connectivity index (χ1v) is 9.63. The number of rotatable bonds is 6. The third kappa shape index (κ3) is 6.41. The summed E-state index contributed by atoms with van der Waals surface area (Å²) < 4.78 is 31.4. The molecule has 2 aromatic rings. The molecular formula is C22H27ClF2N2O2. The van der Waals surface area contributed by atoms with Gasteiger partial charge in [0.1, 0.15) is 11.6 Å². The van der Waals surface area contributed by atoms with Crippen LogP contribution in [0.4, 0.5) is 13.6 Å². The van der Waals surface area contributed by atoms with Gasteiger partial charge in [-0.05, 0) is 54.8 Å². The molecule has 1 aliphatic heterocycles. The van der Waals surface area contributed by atoms with Crippen molar-refractivity contribution in [1.29, 1.82) is 0 Å². The van der Waals surface area contributed by atoms with Crippen LogP contribution < -0.4 is 0 Å². The molecule has 29 heavy (non-hydrogen) atoms. The van der Waals surface area contributed by atoms with Crippen LogP contribution in [0.1, 0.15) is 29.9 Å². The van der Waals surface area contributed by atoms with Gasteiger partial charge in [0.25, 0.3) is 0 Å². The lowest BCUT2D eigenvalue weighted by atomic mass is 9.87. The zero-order valence-corrected chi connectivity index (χ0v) is 17.3. The minimum atomic E-state index is -0.271. The Hall–Kier alpha value is -2.18. The molecule has 0 bridgehead atoms. The second-order valence-corrected chi connectivity index (χ2v) is 7.10. The van der Waals surface area contributed by atoms with Gasteiger partial charge in [0.15, 0.2) is 0 Å². The summed E-state index contributed by atoms with van der Waals surface area (Å²) in [4.78, 5) is 15.6. The van der Waals surface area contributed by atoms with Crippen LogP contribution in [-0.4, -0.2) is 55.7 Å². The first-order chi connectivity index (χ1) is 13.6. The Bertz CT molecular complexity index is 718. The Morgan fingerprint density at radius 3 is 1.86 bits per heavy atom. The molecule has 1 saturated heterocycles. The highest BCUT2D eigenvalue weighted by Gasteiger charge is 2.22. The second kappa shape index (κ2) is 11.1. The molecule has 0 saturated carbocycles. The summed E-state index contributed by atoms with van der Waals surface area (Å²) in [5, 5.41) is 0. The molecule has 4 nitrogen and oxygen atoms in total. The van der Waals surface area contributed by atoms with Crippen molar-refractivity contribution >= 4 is 18.5 Å². The number of carbonyl (C=O) groups is 1. The number of ether oxygens (including phenoxy) is 1. The number of nitrogens with zero attached hydrogens (tertiary/aromatic N) is 2. The van der Waals surface area contributed by atoms with Crippen molar-refractivity contribution in [3.63, 3.8) is 0 Å². The van der Waals surface area contributed by atoms with E-state index in [1.165, 1.54) is 31.4 Å². The maximum absolute atomic E-state index is 13.3. The largest absolute Gasteiger partial charge is 0.453 e. The van der Waals surface area contributed by atoms with Crippen LogP contribution in [0.2, 0.25) is 0 Å². The van der Waals surface area contributed by atoms with E-state index in [4.69, 9.17) is 4.74 Å². The van der Waals surface area contributed by atoms with Gasteiger partial charge < -0.3 is 9.64 Å². The predicted octanol–water partition coefficient (Wildman–Crippen LogP) is 4.68. The number of halogens is 3. The van der Waals surface area contributed by atoms with Gasteiger partial charge in [-0.2, -0.15) is 0 Å². The van der Waals surface area contributed by atoms with E-state index in [2.05, 4.69) is 4.90 Å². The summed E-state index contributed by atoms with van der Waals surface area (Å²) in [6.07, 6.45) is 1.57. The van der Waals surface area contributed by atoms with Gasteiger partial charge in [-0.3, -0.25) is 4.90 Å². The van der Waals surface area contributed by atoms with Gasteiger partial charge in [-0.1, -0.05) is 24.3 Å². The minimum Gasteiger partial charge on any atom is -0.453 e. The molecule has 2 aromatic carbocycles. The quantitative estimate of drug-likeness (QED) is 0.674. The molecule has 0 atom stereocenters. The normalized spacial score (nSPS) is 14.6. The lowest BCUT2D eigenvalue weighted by Crippen LogP contribution is -2.48. The average molecular weight is 425 g/mol. The molecule has 7 heteroatoms. The monoisotopic (exact) mass is 424 g/mol. The van der Waals surface area contributed by atoms with Gasteiger partial charge in [-0.15, -0.1) is 12.4 Å². The van der Waals surface area contributed by atoms with Gasteiger partial charge in [-0.25, -0.2) is 13.6 Å². The summed E-state index contributed by atoms with van der Waals surface area (Å²) in [6, 6.07) is 13.1. The minimum absolute atomic E-state index is 0. The number of methoxy groups -OCH3 is 1. The van der Waals surface area contributed by atoms with E-state index in [1.54, 1.807) is 29.2 Å². The zero-order chi connectivity index (χ0) is 19.9. The Labute approximate surface area is 176 Å². The number of hydrogen-bond acceptors (Lipinski definition) is 3. The Balaban J connectivity index is 0.00000300. The Morgan fingerprint density at radius 1 is 0.931 bits per heavy atom. The summed E-state index contributed by atoms with van der Waals surface area (Å²) in [5.74, 6) is -0.423. The average Bonchev–Trinajstić information content (AvgIpc) is 2.73. The van der Waals surface area contributed by atoms with E-state index in [-0.39, 0.29) is 36.1 Å². The summed E-state index contributed by atoms with van der Waals surface area (Å²) in [5.41, 5.74) is 2.06. The van der Waals surface area contributed by atoms with Gasteiger partial charge in [0.2, 0.25) is 0 Å². The number of piperazine rings is 1. The highest BCUT2D eigenvalue weighted by Crippen LogP contribution is 2.30. The van der Waals surface area contributed by atoms with E-state index >= 15 is 0 Å². The van der Waals surface area contributed by atoms with Gasteiger partial charge in [0.05, 0.1) is 7.11 Å². The van der Waals surface area contributed by atoms with Crippen molar-refractivity contribution in [3.8, 4) is 0 Å². The van der Waals surface area contributed by atoms with E-state index in [9.17, 15) is 13.6 Å². The van der Waals surface area contributed by atoms with Crippen LogP contribution in [0.3, 0.4) is 0 Å². The topological polar surface area (TPSA) is 32.8 Å². The fraction of sp³-hybridized carbons (Fsp3) is 0.409. The summed E-state index contributed by atoms with van der Waals surface area (Å²) in [7, 11) is 1.40. The highest BCUT2D eigenvalue weighted by molar-refractivity contribution is 5.85. The fourth-order valence-electron chi connectivity index (χ4n) is 3.72. The fourth-order valence-corrected chi connectivity index (χ4v) is 3.72. The van der Waals surface area contributed by atoms with E-state index in [1.807, 2.05) is 0 Å². The van der Waals surface area contributed by atoms with Crippen LogP contribution in [0.5, 0.6) is 0 Å². The molecule has 0 unspecified atom stereocenters. The molecule has 1 aliphatic rings. The third-order valence-corrected chi connectivity index (χ3v) is 5.32. The predicted molar refractivity (Wildman–Crippen MR) is 112 cm³/mol. The van der Waals surface area contributed by atoms with Crippen molar-refractivity contribution in [1.82, 2.24) is 9.80 Å². The van der Waals surface area contributed by atoms with E-state index in [0.717, 1.165) is 43.6 Å². The van der Waals surface area contributed by atoms with Crippen molar-refractivity contribution < 1.29 is 18.3 Å². The summed E-state index contributed by atoms with van der Waals surface area (Å²) >= 11 is 0. The van der Waals surface area contributed by atoms with Crippen molar-refractivity contribution in [3.05, 3.63) is 71.3 Å². The molecule has 1 heterocycles.